The van der Waals surface area contributed by atoms with E-state index < -0.39 is 11.9 Å². The Hall–Kier alpha value is -2.24. The fourth-order valence-electron chi connectivity index (χ4n) is 4.56. The summed E-state index contributed by atoms with van der Waals surface area (Å²) < 4.78 is 19.2. The van der Waals surface area contributed by atoms with Crippen LogP contribution in [-0.2, 0) is 38.1 Å². The van der Waals surface area contributed by atoms with E-state index in [0.717, 1.165) is 25.3 Å². The lowest BCUT2D eigenvalue weighted by atomic mass is 9.95. The molecule has 0 spiro atoms. The fourth-order valence-corrected chi connectivity index (χ4v) is 4.56. The predicted octanol–water partition coefficient (Wildman–Crippen LogP) is 1.34. The summed E-state index contributed by atoms with van der Waals surface area (Å²) in [4.78, 5) is 53.2. The zero-order chi connectivity index (χ0) is 27.5. The highest BCUT2D eigenvalue weighted by Crippen LogP contribution is 2.26. The molecule has 1 rings (SSSR count). The van der Waals surface area contributed by atoms with Crippen LogP contribution in [0.3, 0.4) is 0 Å². The normalized spacial score (nSPS) is 14.5. The summed E-state index contributed by atoms with van der Waals surface area (Å²) in [6.45, 7) is 2.65. The van der Waals surface area contributed by atoms with Crippen LogP contribution in [0.2, 0.25) is 0 Å². The second-order valence-corrected chi connectivity index (χ2v) is 9.57. The van der Waals surface area contributed by atoms with Crippen LogP contribution in [0.15, 0.2) is 0 Å². The lowest BCUT2D eigenvalue weighted by molar-refractivity contribution is -0.146. The monoisotopic (exact) mass is 529 g/mol. The van der Waals surface area contributed by atoms with Crippen LogP contribution in [0.4, 0.5) is 0 Å². The molecule has 1 aliphatic carbocycles. The van der Waals surface area contributed by atoms with Gasteiger partial charge in [-0.3, -0.25) is 33.9 Å². The van der Waals surface area contributed by atoms with E-state index in [1.54, 1.807) is 4.90 Å². The van der Waals surface area contributed by atoms with Crippen molar-refractivity contribution in [3.8, 4) is 0 Å². The molecular formula is C26H47N3O8. The van der Waals surface area contributed by atoms with E-state index in [-0.39, 0.29) is 38.1 Å². The molecule has 0 bridgehead atoms. The van der Waals surface area contributed by atoms with Crippen LogP contribution < -0.4 is 0 Å². The smallest absolute Gasteiger partial charge is 0.319 e. The maximum absolute atomic E-state index is 12.0. The number of carbonyl (C=O) groups excluding carboxylic acids is 4. The van der Waals surface area contributed by atoms with E-state index >= 15 is 0 Å². The van der Waals surface area contributed by atoms with Gasteiger partial charge in [0.1, 0.15) is 0 Å². The topological polar surface area (TPSA) is 115 Å². The molecule has 0 saturated heterocycles. The molecule has 0 aromatic carbocycles. The summed E-state index contributed by atoms with van der Waals surface area (Å²) in [6, 6.07) is 0. The molecular weight excluding hydrogens is 482 g/mol. The minimum absolute atomic E-state index is 0.0505. The molecule has 11 heteroatoms. The summed E-state index contributed by atoms with van der Waals surface area (Å²) >= 11 is 0. The summed E-state index contributed by atoms with van der Waals surface area (Å²) in [7, 11) is 5.28. The molecule has 0 aromatic heterocycles. The van der Waals surface area contributed by atoms with Crippen LogP contribution in [-0.4, -0.2) is 126 Å². The van der Waals surface area contributed by atoms with Crippen molar-refractivity contribution in [2.75, 3.05) is 87.3 Å². The number of hydrogen-bond acceptors (Lipinski definition) is 11. The number of carbonyl (C=O) groups is 4. The van der Waals surface area contributed by atoms with Crippen LogP contribution >= 0.6 is 0 Å². The maximum atomic E-state index is 12.0. The summed E-state index contributed by atoms with van der Waals surface area (Å²) in [5, 5.41) is 0. The molecule has 0 unspecified atom stereocenters. The van der Waals surface area contributed by atoms with Crippen molar-refractivity contribution in [3.05, 3.63) is 0 Å². The van der Waals surface area contributed by atoms with Gasteiger partial charge in [0.05, 0.1) is 54.6 Å². The molecule has 0 aromatic rings. The quantitative estimate of drug-likeness (QED) is 0.145. The largest absolute Gasteiger partial charge is 0.468 e. The van der Waals surface area contributed by atoms with Crippen LogP contribution in [0.25, 0.3) is 0 Å². The standard InChI is InChI=1S/C26H47N3O8/c1-34-23(30)18-27(13-9-12-22-10-7-5-6-8-11-22)14-15-28(19-24(31)35-2)16-17-29(20-25(32)36-3)21-26(33)37-4/h22H,5-21H2,1-4H3. The van der Waals surface area contributed by atoms with Crippen molar-refractivity contribution in [1.29, 1.82) is 0 Å². The molecule has 1 fully saturated rings. The molecule has 0 N–H and O–H groups in total. The Labute approximate surface area is 221 Å². The van der Waals surface area contributed by atoms with Gasteiger partial charge in [-0.1, -0.05) is 38.5 Å². The molecule has 11 nitrogen and oxygen atoms in total. The van der Waals surface area contributed by atoms with Gasteiger partial charge in [-0.25, -0.2) is 0 Å². The number of rotatable bonds is 18. The molecule has 0 atom stereocenters. The van der Waals surface area contributed by atoms with Crippen molar-refractivity contribution in [1.82, 2.24) is 14.7 Å². The highest BCUT2D eigenvalue weighted by atomic mass is 16.5. The molecule has 1 saturated carbocycles. The van der Waals surface area contributed by atoms with Gasteiger partial charge in [0.15, 0.2) is 0 Å². The Morgan fingerprint density at radius 1 is 0.541 bits per heavy atom. The van der Waals surface area contributed by atoms with Gasteiger partial charge in [-0.2, -0.15) is 0 Å². The van der Waals surface area contributed by atoms with Crippen molar-refractivity contribution in [2.24, 2.45) is 5.92 Å². The Kier molecular flexibility index (Phi) is 17.6. The van der Waals surface area contributed by atoms with Crippen LogP contribution in [0.1, 0.15) is 51.4 Å². The molecule has 1 aliphatic rings. The number of hydrogen-bond donors (Lipinski definition) is 0. The SMILES string of the molecule is COC(=O)CN(CCCC1CCCCCC1)CCN(CCN(CC(=O)OC)CC(=O)OC)CC(=O)OC. The minimum atomic E-state index is -0.471. The highest BCUT2D eigenvalue weighted by Gasteiger charge is 2.20. The lowest BCUT2D eigenvalue weighted by Gasteiger charge is -2.29. The molecule has 0 heterocycles. The molecule has 214 valence electrons. The van der Waals surface area contributed by atoms with E-state index in [4.69, 9.17) is 18.9 Å². The van der Waals surface area contributed by atoms with E-state index in [9.17, 15) is 19.2 Å². The second kappa shape index (κ2) is 19.8. The molecule has 0 radical (unpaired) electrons. The summed E-state index contributed by atoms with van der Waals surface area (Å²) in [5.41, 5.74) is 0. The lowest BCUT2D eigenvalue weighted by Crippen LogP contribution is -2.45. The van der Waals surface area contributed by atoms with Gasteiger partial charge < -0.3 is 18.9 Å². The minimum Gasteiger partial charge on any atom is -0.468 e. The van der Waals surface area contributed by atoms with Gasteiger partial charge in [0, 0.05) is 26.2 Å². The number of nitrogens with zero attached hydrogens (tertiary/aromatic N) is 3. The van der Waals surface area contributed by atoms with E-state index in [0.29, 0.717) is 26.2 Å². The van der Waals surface area contributed by atoms with Crippen LogP contribution in [0.5, 0.6) is 0 Å². The number of esters is 4. The zero-order valence-electron chi connectivity index (χ0n) is 23.2. The average molecular weight is 530 g/mol. The van der Waals surface area contributed by atoms with E-state index in [1.807, 2.05) is 4.90 Å². The van der Waals surface area contributed by atoms with Gasteiger partial charge in [-0.05, 0) is 25.3 Å². The van der Waals surface area contributed by atoms with Crippen molar-refractivity contribution in [2.45, 2.75) is 51.4 Å². The third-order valence-corrected chi connectivity index (χ3v) is 6.85. The Balaban J connectivity index is 2.73. The molecule has 0 amide bonds. The summed E-state index contributed by atoms with van der Waals surface area (Å²) in [5.74, 6) is -0.867. The zero-order valence-corrected chi connectivity index (χ0v) is 23.2. The number of ether oxygens (including phenoxy) is 4. The maximum Gasteiger partial charge on any atom is 0.319 e. The first kappa shape index (κ1) is 32.8. The fraction of sp³-hybridized carbons (Fsp3) is 0.846. The van der Waals surface area contributed by atoms with Crippen molar-refractivity contribution >= 4 is 23.9 Å². The van der Waals surface area contributed by atoms with Crippen molar-refractivity contribution < 1.29 is 38.1 Å². The van der Waals surface area contributed by atoms with E-state index in [1.165, 1.54) is 67.0 Å². The second-order valence-electron chi connectivity index (χ2n) is 9.57. The Bertz CT molecular complexity index is 665. The Morgan fingerprint density at radius 3 is 1.30 bits per heavy atom. The third-order valence-electron chi connectivity index (χ3n) is 6.85. The number of methoxy groups -OCH3 is 4. The highest BCUT2D eigenvalue weighted by molar-refractivity contribution is 5.75. The Morgan fingerprint density at radius 2 is 0.892 bits per heavy atom. The molecule has 0 aliphatic heterocycles. The first-order chi connectivity index (χ1) is 17.8. The van der Waals surface area contributed by atoms with Gasteiger partial charge in [0.2, 0.25) is 0 Å². The predicted molar refractivity (Wildman–Crippen MR) is 138 cm³/mol. The van der Waals surface area contributed by atoms with Crippen LogP contribution in [0, 0.1) is 5.92 Å². The van der Waals surface area contributed by atoms with Crippen molar-refractivity contribution in [3.63, 3.8) is 0 Å². The van der Waals surface area contributed by atoms with Gasteiger partial charge >= 0.3 is 23.9 Å². The van der Waals surface area contributed by atoms with E-state index in [2.05, 4.69) is 4.90 Å². The summed E-state index contributed by atoms with van der Waals surface area (Å²) in [6.07, 6.45) is 10.0. The molecule has 37 heavy (non-hydrogen) atoms. The van der Waals surface area contributed by atoms with Gasteiger partial charge in [0.25, 0.3) is 0 Å². The first-order valence-electron chi connectivity index (χ1n) is 13.3. The average Bonchev–Trinajstić information content (AvgIpc) is 3.17. The van der Waals surface area contributed by atoms with Gasteiger partial charge in [-0.15, -0.1) is 0 Å². The third kappa shape index (κ3) is 15.6. The first-order valence-corrected chi connectivity index (χ1v) is 13.3.